The minimum absolute atomic E-state index is 0.0115. The third-order valence-electron chi connectivity index (χ3n) is 3.95. The summed E-state index contributed by atoms with van der Waals surface area (Å²) < 4.78 is 19.3. The quantitative estimate of drug-likeness (QED) is 0.828. The van der Waals surface area contributed by atoms with Crippen LogP contribution in [0.25, 0.3) is 0 Å². The van der Waals surface area contributed by atoms with E-state index >= 15 is 0 Å². The molecule has 0 saturated carbocycles. The van der Waals surface area contributed by atoms with Gasteiger partial charge >= 0.3 is 0 Å². The van der Waals surface area contributed by atoms with E-state index in [2.05, 4.69) is 0 Å². The first-order valence-corrected chi connectivity index (χ1v) is 6.19. The summed E-state index contributed by atoms with van der Waals surface area (Å²) in [5.41, 5.74) is -0.449. The Kier molecular flexibility index (Phi) is 2.61. The SMILES string of the molecule is N#Cc1ccc(C2(O)CC3CCC(C2)O3)cc1F. The maximum absolute atomic E-state index is 13.6. The summed E-state index contributed by atoms with van der Waals surface area (Å²) in [4.78, 5) is 0. The molecule has 0 spiro atoms. The molecule has 2 heterocycles. The highest BCUT2D eigenvalue weighted by Crippen LogP contribution is 2.44. The van der Waals surface area contributed by atoms with Crippen LogP contribution in [-0.4, -0.2) is 17.3 Å². The predicted molar refractivity (Wildman–Crippen MR) is 62.1 cm³/mol. The van der Waals surface area contributed by atoms with Gasteiger partial charge in [0.05, 0.1) is 23.4 Å². The largest absolute Gasteiger partial charge is 0.385 e. The van der Waals surface area contributed by atoms with Crippen molar-refractivity contribution < 1.29 is 14.2 Å². The minimum atomic E-state index is -1.01. The van der Waals surface area contributed by atoms with Crippen LogP contribution in [0.3, 0.4) is 0 Å². The number of halogens is 1. The van der Waals surface area contributed by atoms with Crippen LogP contribution in [0.2, 0.25) is 0 Å². The predicted octanol–water partition coefficient (Wildman–Crippen LogP) is 2.23. The zero-order chi connectivity index (χ0) is 12.8. The molecule has 0 amide bonds. The van der Waals surface area contributed by atoms with Crippen LogP contribution < -0.4 is 0 Å². The molecule has 2 atom stereocenters. The Hall–Kier alpha value is -1.44. The lowest BCUT2D eigenvalue weighted by atomic mass is 9.83. The molecule has 1 aromatic carbocycles. The molecule has 94 valence electrons. The molecular weight excluding hydrogens is 233 g/mol. The fourth-order valence-electron chi connectivity index (χ4n) is 3.05. The molecule has 3 rings (SSSR count). The minimum Gasteiger partial charge on any atom is -0.385 e. The summed E-state index contributed by atoms with van der Waals surface area (Å²) in [5, 5.41) is 19.4. The van der Waals surface area contributed by atoms with Crippen molar-refractivity contribution in [3.05, 3.63) is 35.1 Å². The van der Waals surface area contributed by atoms with Gasteiger partial charge in [-0.2, -0.15) is 5.26 Å². The normalized spacial score (nSPS) is 34.3. The third-order valence-corrected chi connectivity index (χ3v) is 3.95. The van der Waals surface area contributed by atoms with E-state index in [4.69, 9.17) is 10.00 Å². The number of rotatable bonds is 1. The van der Waals surface area contributed by atoms with Gasteiger partial charge in [0, 0.05) is 12.8 Å². The number of ether oxygens (including phenoxy) is 1. The van der Waals surface area contributed by atoms with Crippen molar-refractivity contribution in [3.8, 4) is 6.07 Å². The summed E-state index contributed by atoms with van der Waals surface area (Å²) in [5.74, 6) is -0.567. The van der Waals surface area contributed by atoms with Gasteiger partial charge < -0.3 is 9.84 Å². The summed E-state index contributed by atoms with van der Waals surface area (Å²) >= 11 is 0. The second-order valence-corrected chi connectivity index (χ2v) is 5.20. The van der Waals surface area contributed by atoms with E-state index in [1.165, 1.54) is 12.1 Å². The number of nitrogens with zero attached hydrogens (tertiary/aromatic N) is 1. The Labute approximate surface area is 105 Å². The molecule has 4 heteroatoms. The van der Waals surface area contributed by atoms with E-state index in [0.29, 0.717) is 18.4 Å². The van der Waals surface area contributed by atoms with E-state index in [-0.39, 0.29) is 17.8 Å². The molecule has 0 aromatic heterocycles. The molecule has 2 bridgehead atoms. The average Bonchev–Trinajstić information content (AvgIpc) is 2.69. The molecule has 2 saturated heterocycles. The Morgan fingerprint density at radius 3 is 2.56 bits per heavy atom. The Morgan fingerprint density at radius 2 is 2.00 bits per heavy atom. The number of hydrogen-bond donors (Lipinski definition) is 1. The molecule has 2 fully saturated rings. The van der Waals surface area contributed by atoms with Gasteiger partial charge in [0.2, 0.25) is 0 Å². The molecule has 2 unspecified atom stereocenters. The lowest BCUT2D eigenvalue weighted by Crippen LogP contribution is -2.38. The highest BCUT2D eigenvalue weighted by atomic mass is 19.1. The van der Waals surface area contributed by atoms with E-state index in [0.717, 1.165) is 12.8 Å². The molecule has 1 aromatic rings. The smallest absolute Gasteiger partial charge is 0.141 e. The van der Waals surface area contributed by atoms with Crippen molar-refractivity contribution >= 4 is 0 Å². The van der Waals surface area contributed by atoms with Gasteiger partial charge in [0.1, 0.15) is 11.9 Å². The maximum atomic E-state index is 13.6. The number of nitriles is 1. The summed E-state index contributed by atoms with van der Waals surface area (Å²) in [6.45, 7) is 0. The first-order valence-electron chi connectivity index (χ1n) is 6.19. The molecule has 3 nitrogen and oxygen atoms in total. The molecule has 0 aliphatic carbocycles. The monoisotopic (exact) mass is 247 g/mol. The van der Waals surface area contributed by atoms with Gasteiger partial charge in [-0.3, -0.25) is 0 Å². The Morgan fingerprint density at radius 1 is 1.33 bits per heavy atom. The second kappa shape index (κ2) is 4.04. The maximum Gasteiger partial charge on any atom is 0.141 e. The lowest BCUT2D eigenvalue weighted by Gasteiger charge is -2.36. The van der Waals surface area contributed by atoms with E-state index in [1.54, 1.807) is 12.1 Å². The zero-order valence-electron chi connectivity index (χ0n) is 9.90. The van der Waals surface area contributed by atoms with E-state index < -0.39 is 11.4 Å². The van der Waals surface area contributed by atoms with Crippen molar-refractivity contribution in [2.75, 3.05) is 0 Å². The van der Waals surface area contributed by atoms with Crippen LogP contribution in [-0.2, 0) is 10.3 Å². The number of hydrogen-bond acceptors (Lipinski definition) is 3. The fraction of sp³-hybridized carbons (Fsp3) is 0.500. The molecule has 2 aliphatic rings. The van der Waals surface area contributed by atoms with Gasteiger partial charge in [-0.05, 0) is 30.5 Å². The first kappa shape index (κ1) is 11.6. The first-order chi connectivity index (χ1) is 8.60. The second-order valence-electron chi connectivity index (χ2n) is 5.20. The molecule has 2 aliphatic heterocycles. The number of benzene rings is 1. The van der Waals surface area contributed by atoms with Crippen LogP contribution in [0.4, 0.5) is 4.39 Å². The fourth-order valence-corrected chi connectivity index (χ4v) is 3.05. The van der Waals surface area contributed by atoms with Crippen molar-refractivity contribution in [3.63, 3.8) is 0 Å². The van der Waals surface area contributed by atoms with Crippen molar-refractivity contribution in [2.24, 2.45) is 0 Å². The van der Waals surface area contributed by atoms with Crippen molar-refractivity contribution in [1.29, 1.82) is 5.26 Å². The number of fused-ring (bicyclic) bond motifs is 2. The summed E-state index contributed by atoms with van der Waals surface area (Å²) in [6.07, 6.45) is 3.10. The van der Waals surface area contributed by atoms with Crippen molar-refractivity contribution in [2.45, 2.75) is 43.5 Å². The van der Waals surface area contributed by atoms with Gasteiger partial charge in [0.15, 0.2) is 0 Å². The average molecular weight is 247 g/mol. The van der Waals surface area contributed by atoms with Crippen LogP contribution in [0.1, 0.15) is 36.8 Å². The Balaban J connectivity index is 1.94. The zero-order valence-corrected chi connectivity index (χ0v) is 9.90. The van der Waals surface area contributed by atoms with Gasteiger partial charge in [-0.15, -0.1) is 0 Å². The van der Waals surface area contributed by atoms with Crippen LogP contribution in [0, 0.1) is 17.1 Å². The molecule has 0 radical (unpaired) electrons. The van der Waals surface area contributed by atoms with Crippen LogP contribution in [0.15, 0.2) is 18.2 Å². The Bertz CT molecular complexity index is 511. The summed E-state index contributed by atoms with van der Waals surface area (Å²) in [7, 11) is 0. The van der Waals surface area contributed by atoms with Gasteiger partial charge in [-0.25, -0.2) is 4.39 Å². The third kappa shape index (κ3) is 1.80. The highest BCUT2D eigenvalue weighted by molar-refractivity contribution is 5.36. The highest BCUT2D eigenvalue weighted by Gasteiger charge is 2.44. The molecule has 18 heavy (non-hydrogen) atoms. The van der Waals surface area contributed by atoms with E-state index in [1.807, 2.05) is 0 Å². The van der Waals surface area contributed by atoms with E-state index in [9.17, 15) is 9.50 Å². The molecule has 1 N–H and O–H groups in total. The van der Waals surface area contributed by atoms with Crippen molar-refractivity contribution in [1.82, 2.24) is 0 Å². The summed E-state index contributed by atoms with van der Waals surface area (Å²) in [6, 6.07) is 6.14. The molecular formula is C14H14FNO2. The lowest BCUT2D eigenvalue weighted by molar-refractivity contribution is -0.115. The van der Waals surface area contributed by atoms with Crippen LogP contribution >= 0.6 is 0 Å². The van der Waals surface area contributed by atoms with Crippen LogP contribution in [0.5, 0.6) is 0 Å². The topological polar surface area (TPSA) is 53.2 Å². The van der Waals surface area contributed by atoms with Gasteiger partial charge in [-0.1, -0.05) is 6.07 Å². The standard InChI is InChI=1S/C14H14FNO2/c15-13-5-10(2-1-9(13)8-16)14(17)6-11-3-4-12(7-14)18-11/h1-2,5,11-12,17H,3-4,6-7H2. The number of aliphatic hydroxyl groups is 1. The van der Waals surface area contributed by atoms with Gasteiger partial charge in [0.25, 0.3) is 0 Å².